The maximum Gasteiger partial charge on any atom is -0.00130 e. The lowest BCUT2D eigenvalue weighted by Gasteiger charge is -2.44. The van der Waals surface area contributed by atoms with Crippen LogP contribution in [0.5, 0.6) is 0 Å². The molecule has 2 heteroatoms. The van der Waals surface area contributed by atoms with Crippen LogP contribution >= 0.6 is 0 Å². The molecule has 0 aromatic carbocycles. The Morgan fingerprint density at radius 1 is 1.06 bits per heavy atom. The molecule has 2 nitrogen and oxygen atoms in total. The Balaban J connectivity index is 1.71. The lowest BCUT2D eigenvalue weighted by molar-refractivity contribution is 0.0789. The molecule has 0 atom stereocenters. The highest BCUT2D eigenvalue weighted by Crippen LogP contribution is 2.43. The largest absolute Gasteiger partial charge is 0.330 e. The lowest BCUT2D eigenvalue weighted by Crippen LogP contribution is -2.43. The standard InChI is InChI=1S/C14H28N2/c1-13(2)6-9-16(10-7-13)11-8-14(12-15)4-3-5-14/h3-12,15H2,1-2H3. The van der Waals surface area contributed by atoms with E-state index in [0.29, 0.717) is 10.8 Å². The minimum atomic E-state index is 0.535. The van der Waals surface area contributed by atoms with Crippen LogP contribution in [0.2, 0.25) is 0 Å². The molecule has 0 aromatic rings. The van der Waals surface area contributed by atoms with Crippen LogP contribution in [0.4, 0.5) is 0 Å². The Kier molecular flexibility index (Phi) is 3.60. The summed E-state index contributed by atoms with van der Waals surface area (Å²) in [5.41, 5.74) is 7.03. The van der Waals surface area contributed by atoms with Gasteiger partial charge in [0.1, 0.15) is 0 Å². The molecule has 2 rings (SSSR count). The Hall–Kier alpha value is -0.0800. The monoisotopic (exact) mass is 224 g/mol. The first-order chi connectivity index (χ1) is 7.55. The molecule has 0 spiro atoms. The van der Waals surface area contributed by atoms with Crippen LogP contribution in [-0.4, -0.2) is 31.1 Å². The molecule has 0 bridgehead atoms. The van der Waals surface area contributed by atoms with Crippen molar-refractivity contribution >= 4 is 0 Å². The minimum absolute atomic E-state index is 0.535. The summed E-state index contributed by atoms with van der Waals surface area (Å²) in [5, 5.41) is 0. The smallest absolute Gasteiger partial charge is 0.00130 e. The average molecular weight is 224 g/mol. The Morgan fingerprint density at radius 3 is 2.12 bits per heavy atom. The van der Waals surface area contributed by atoms with Gasteiger partial charge in [-0.15, -0.1) is 0 Å². The van der Waals surface area contributed by atoms with E-state index in [9.17, 15) is 0 Å². The molecule has 1 aliphatic heterocycles. The third-order valence-electron chi connectivity index (χ3n) is 5.02. The molecular weight excluding hydrogens is 196 g/mol. The summed E-state index contributed by atoms with van der Waals surface area (Å²) < 4.78 is 0. The molecule has 16 heavy (non-hydrogen) atoms. The van der Waals surface area contributed by atoms with Crippen molar-refractivity contribution in [1.29, 1.82) is 0 Å². The van der Waals surface area contributed by atoms with Crippen LogP contribution < -0.4 is 5.73 Å². The number of nitrogens with zero attached hydrogens (tertiary/aromatic N) is 1. The maximum absolute atomic E-state index is 5.91. The topological polar surface area (TPSA) is 29.3 Å². The van der Waals surface area contributed by atoms with Gasteiger partial charge in [0.25, 0.3) is 0 Å². The summed E-state index contributed by atoms with van der Waals surface area (Å²) in [5.74, 6) is 0. The van der Waals surface area contributed by atoms with Crippen LogP contribution in [-0.2, 0) is 0 Å². The van der Waals surface area contributed by atoms with E-state index in [1.54, 1.807) is 0 Å². The quantitative estimate of drug-likeness (QED) is 0.795. The van der Waals surface area contributed by atoms with Gasteiger partial charge in [0.05, 0.1) is 0 Å². The van der Waals surface area contributed by atoms with Crippen molar-refractivity contribution in [3.63, 3.8) is 0 Å². The summed E-state index contributed by atoms with van der Waals surface area (Å²) in [6.07, 6.45) is 8.23. The summed E-state index contributed by atoms with van der Waals surface area (Å²) in [7, 11) is 0. The van der Waals surface area contributed by atoms with E-state index < -0.39 is 0 Å². The highest BCUT2D eigenvalue weighted by molar-refractivity contribution is 4.90. The summed E-state index contributed by atoms with van der Waals surface area (Å²) in [4.78, 5) is 2.65. The molecule has 1 saturated carbocycles. The van der Waals surface area contributed by atoms with Crippen molar-refractivity contribution in [3.05, 3.63) is 0 Å². The predicted molar refractivity (Wildman–Crippen MR) is 69.4 cm³/mol. The van der Waals surface area contributed by atoms with Crippen molar-refractivity contribution in [2.45, 2.75) is 52.4 Å². The van der Waals surface area contributed by atoms with Gasteiger partial charge in [-0.1, -0.05) is 20.3 Å². The second-order valence-corrected chi connectivity index (χ2v) is 6.81. The molecule has 0 unspecified atom stereocenters. The van der Waals surface area contributed by atoms with E-state index >= 15 is 0 Å². The van der Waals surface area contributed by atoms with Crippen LogP contribution in [0.15, 0.2) is 0 Å². The fraction of sp³-hybridized carbons (Fsp3) is 1.00. The Bertz CT molecular complexity index is 215. The van der Waals surface area contributed by atoms with Gasteiger partial charge >= 0.3 is 0 Å². The molecule has 2 fully saturated rings. The predicted octanol–water partition coefficient (Wildman–Crippen LogP) is 2.63. The normalized spacial score (nSPS) is 28.7. The zero-order valence-corrected chi connectivity index (χ0v) is 11.1. The molecule has 94 valence electrons. The highest BCUT2D eigenvalue weighted by Gasteiger charge is 2.36. The summed E-state index contributed by atoms with van der Waals surface area (Å²) in [6, 6.07) is 0. The Labute approximate surface area is 101 Å². The summed E-state index contributed by atoms with van der Waals surface area (Å²) in [6.45, 7) is 9.59. The third-order valence-corrected chi connectivity index (χ3v) is 5.02. The first-order valence-electron chi connectivity index (χ1n) is 6.98. The van der Waals surface area contributed by atoms with Crippen molar-refractivity contribution in [2.24, 2.45) is 16.6 Å². The van der Waals surface area contributed by atoms with Gasteiger partial charge in [0.15, 0.2) is 0 Å². The van der Waals surface area contributed by atoms with Crippen LogP contribution in [0, 0.1) is 10.8 Å². The zero-order chi connectivity index (χ0) is 11.6. The molecule has 0 radical (unpaired) electrons. The van der Waals surface area contributed by atoms with Crippen molar-refractivity contribution in [2.75, 3.05) is 26.2 Å². The fourth-order valence-corrected chi connectivity index (χ4v) is 3.01. The van der Waals surface area contributed by atoms with E-state index in [-0.39, 0.29) is 0 Å². The van der Waals surface area contributed by atoms with Crippen molar-refractivity contribution < 1.29 is 0 Å². The first kappa shape index (κ1) is 12.4. The van der Waals surface area contributed by atoms with Gasteiger partial charge < -0.3 is 10.6 Å². The number of likely N-dealkylation sites (tertiary alicyclic amines) is 1. The van der Waals surface area contributed by atoms with Gasteiger partial charge in [-0.05, 0) is 69.1 Å². The second-order valence-electron chi connectivity index (χ2n) is 6.81. The third kappa shape index (κ3) is 2.78. The average Bonchev–Trinajstić information content (AvgIpc) is 2.19. The van der Waals surface area contributed by atoms with Crippen LogP contribution in [0.3, 0.4) is 0 Å². The van der Waals surface area contributed by atoms with Gasteiger partial charge in [-0.2, -0.15) is 0 Å². The summed E-state index contributed by atoms with van der Waals surface area (Å²) >= 11 is 0. The Morgan fingerprint density at radius 2 is 1.69 bits per heavy atom. The number of hydrogen-bond acceptors (Lipinski definition) is 2. The van der Waals surface area contributed by atoms with Crippen molar-refractivity contribution in [3.8, 4) is 0 Å². The van der Waals surface area contributed by atoms with E-state index in [4.69, 9.17) is 5.73 Å². The van der Waals surface area contributed by atoms with Gasteiger partial charge in [-0.3, -0.25) is 0 Å². The molecule has 0 aromatic heterocycles. The molecule has 1 aliphatic carbocycles. The molecule has 2 N–H and O–H groups in total. The van der Waals surface area contributed by atoms with Gasteiger partial charge in [-0.25, -0.2) is 0 Å². The molecular formula is C14H28N2. The number of nitrogens with two attached hydrogens (primary N) is 1. The van der Waals surface area contributed by atoms with Gasteiger partial charge in [0.2, 0.25) is 0 Å². The number of piperidine rings is 1. The van der Waals surface area contributed by atoms with E-state index in [2.05, 4.69) is 18.7 Å². The van der Waals surface area contributed by atoms with Gasteiger partial charge in [0, 0.05) is 0 Å². The first-order valence-corrected chi connectivity index (χ1v) is 6.98. The van der Waals surface area contributed by atoms with Crippen molar-refractivity contribution in [1.82, 2.24) is 4.90 Å². The lowest BCUT2D eigenvalue weighted by atomic mass is 9.66. The van der Waals surface area contributed by atoms with Crippen LogP contribution in [0.25, 0.3) is 0 Å². The second kappa shape index (κ2) is 4.66. The highest BCUT2D eigenvalue weighted by atomic mass is 15.1. The van der Waals surface area contributed by atoms with E-state index in [1.165, 1.54) is 58.2 Å². The number of hydrogen-bond donors (Lipinski definition) is 1. The minimum Gasteiger partial charge on any atom is -0.330 e. The maximum atomic E-state index is 5.91. The van der Waals surface area contributed by atoms with Crippen LogP contribution in [0.1, 0.15) is 52.4 Å². The molecule has 1 heterocycles. The zero-order valence-electron chi connectivity index (χ0n) is 11.1. The SMILES string of the molecule is CC1(C)CCN(CCC2(CN)CCC2)CC1. The number of rotatable bonds is 4. The van der Waals surface area contributed by atoms with E-state index in [1.807, 2.05) is 0 Å². The molecule has 2 aliphatic rings. The molecule has 1 saturated heterocycles. The van der Waals surface area contributed by atoms with E-state index in [0.717, 1.165) is 6.54 Å². The fourth-order valence-electron chi connectivity index (χ4n) is 3.01. The molecule has 0 amide bonds.